The number of hydrogen-bond donors (Lipinski definition) is 1. The van der Waals surface area contributed by atoms with Gasteiger partial charge in [0, 0.05) is 27.3 Å². The van der Waals surface area contributed by atoms with E-state index in [2.05, 4.69) is 0 Å². The van der Waals surface area contributed by atoms with Gasteiger partial charge < -0.3 is 14.7 Å². The van der Waals surface area contributed by atoms with E-state index in [1.807, 2.05) is 0 Å². The van der Waals surface area contributed by atoms with Crippen molar-refractivity contribution in [1.82, 2.24) is 4.90 Å². The fourth-order valence-corrected chi connectivity index (χ4v) is 1.58. The van der Waals surface area contributed by atoms with E-state index >= 15 is 0 Å². The molecule has 0 rings (SSSR count). The molecule has 0 aromatic rings. The number of carbonyl (C=O) groups excluding carboxylic acids is 1. The zero-order valence-corrected chi connectivity index (χ0v) is 9.88. The van der Waals surface area contributed by atoms with Gasteiger partial charge in [-0.3, -0.25) is 9.59 Å². The molecule has 1 amide bonds. The number of carboxylic acid groups (broad SMARTS) is 1. The first-order valence-corrected chi connectivity index (χ1v) is 5.75. The molecule has 0 unspecified atom stereocenters. The fourth-order valence-electron chi connectivity index (χ4n) is 0.907. The molecule has 0 saturated heterocycles. The number of hydrogen-bond acceptors (Lipinski definition) is 4. The molecule has 0 atom stereocenters. The van der Waals surface area contributed by atoms with E-state index < -0.39 is 5.97 Å². The lowest BCUT2D eigenvalue weighted by Crippen LogP contribution is -2.30. The Labute approximate surface area is 93.8 Å². The summed E-state index contributed by atoms with van der Waals surface area (Å²) in [4.78, 5) is 23.2. The Morgan fingerprint density at radius 2 is 2.07 bits per heavy atom. The lowest BCUT2D eigenvalue weighted by molar-refractivity contribution is -0.133. The number of thioether (sulfide) groups is 1. The topological polar surface area (TPSA) is 66.8 Å². The van der Waals surface area contributed by atoms with Crippen LogP contribution in [0.1, 0.15) is 6.42 Å². The molecule has 0 aromatic heterocycles. The molecule has 1 N–H and O–H groups in total. The van der Waals surface area contributed by atoms with Gasteiger partial charge in [-0.1, -0.05) is 0 Å². The van der Waals surface area contributed by atoms with Gasteiger partial charge in [-0.2, -0.15) is 0 Å². The molecule has 0 saturated carbocycles. The quantitative estimate of drug-likeness (QED) is 0.613. The zero-order chi connectivity index (χ0) is 11.7. The van der Waals surface area contributed by atoms with Crippen molar-refractivity contribution in [3.63, 3.8) is 0 Å². The molecular weight excluding hydrogens is 218 g/mol. The maximum Gasteiger partial charge on any atom is 0.313 e. The van der Waals surface area contributed by atoms with E-state index in [1.54, 1.807) is 19.1 Å². The summed E-state index contributed by atoms with van der Waals surface area (Å²) in [6, 6.07) is 0. The Kier molecular flexibility index (Phi) is 8.12. The highest BCUT2D eigenvalue weighted by Crippen LogP contribution is 2.01. The molecular formula is C9H17NO4S. The molecule has 15 heavy (non-hydrogen) atoms. The maximum atomic E-state index is 11.4. The maximum absolute atomic E-state index is 11.4. The van der Waals surface area contributed by atoms with Gasteiger partial charge in [-0.05, 0) is 6.42 Å². The van der Waals surface area contributed by atoms with Crippen LogP contribution in [0.5, 0.6) is 0 Å². The molecule has 0 aliphatic carbocycles. The molecule has 0 aliphatic heterocycles. The van der Waals surface area contributed by atoms with E-state index in [9.17, 15) is 9.59 Å². The van der Waals surface area contributed by atoms with Crippen LogP contribution in [0, 0.1) is 0 Å². The van der Waals surface area contributed by atoms with Crippen molar-refractivity contribution >= 4 is 23.6 Å². The fraction of sp³-hybridized carbons (Fsp3) is 0.778. The lowest BCUT2D eigenvalue weighted by atomic mass is 10.4. The monoisotopic (exact) mass is 235 g/mol. The van der Waals surface area contributed by atoms with Gasteiger partial charge >= 0.3 is 5.97 Å². The number of nitrogens with zero attached hydrogens (tertiary/aromatic N) is 1. The number of aliphatic carboxylic acids is 1. The van der Waals surface area contributed by atoms with Crippen LogP contribution >= 0.6 is 11.8 Å². The van der Waals surface area contributed by atoms with Crippen molar-refractivity contribution in [1.29, 1.82) is 0 Å². The predicted octanol–water partition coefficient (Wildman–Crippen LogP) is 0.299. The standard InChI is InChI=1S/C9H17NO4S/c1-10(4-3-5-14-2)8(11)6-15-7-9(12)13/h3-7H2,1-2H3,(H,12,13). The third kappa shape index (κ3) is 8.26. The first-order chi connectivity index (χ1) is 7.07. The summed E-state index contributed by atoms with van der Waals surface area (Å²) in [5, 5.41) is 8.38. The molecule has 0 radical (unpaired) electrons. The summed E-state index contributed by atoms with van der Waals surface area (Å²) in [5.41, 5.74) is 0. The minimum Gasteiger partial charge on any atom is -0.481 e. The zero-order valence-electron chi connectivity index (χ0n) is 9.06. The third-order valence-corrected chi connectivity index (χ3v) is 2.62. The molecule has 0 heterocycles. The van der Waals surface area contributed by atoms with Crippen molar-refractivity contribution < 1.29 is 19.4 Å². The van der Waals surface area contributed by atoms with Crippen molar-refractivity contribution in [2.75, 3.05) is 38.8 Å². The van der Waals surface area contributed by atoms with Crippen molar-refractivity contribution in [2.45, 2.75) is 6.42 Å². The van der Waals surface area contributed by atoms with Gasteiger partial charge in [-0.25, -0.2) is 0 Å². The minimum absolute atomic E-state index is 0.0301. The van der Waals surface area contributed by atoms with E-state index in [0.717, 1.165) is 18.2 Å². The molecule has 0 aromatic carbocycles. The van der Waals surface area contributed by atoms with Gasteiger partial charge in [0.05, 0.1) is 11.5 Å². The van der Waals surface area contributed by atoms with Crippen molar-refractivity contribution in [3.8, 4) is 0 Å². The second-order valence-electron chi connectivity index (χ2n) is 3.05. The molecule has 88 valence electrons. The summed E-state index contributed by atoms with van der Waals surface area (Å²) in [5.74, 6) is -0.750. The van der Waals surface area contributed by atoms with E-state index in [1.165, 1.54) is 0 Å². The molecule has 0 fully saturated rings. The molecule has 0 spiro atoms. The van der Waals surface area contributed by atoms with E-state index in [0.29, 0.717) is 13.2 Å². The second kappa shape index (κ2) is 8.55. The van der Waals surface area contributed by atoms with Crippen LogP contribution in [0.15, 0.2) is 0 Å². The number of methoxy groups -OCH3 is 1. The Morgan fingerprint density at radius 3 is 2.60 bits per heavy atom. The number of amides is 1. The summed E-state index contributed by atoms with van der Waals surface area (Å²) in [6.45, 7) is 1.26. The molecule has 0 aliphatic rings. The number of carboxylic acids is 1. The highest BCUT2D eigenvalue weighted by Gasteiger charge is 2.09. The third-order valence-electron chi connectivity index (χ3n) is 1.72. The first kappa shape index (κ1) is 14.2. The number of ether oxygens (including phenoxy) is 1. The molecule has 5 nitrogen and oxygen atoms in total. The Bertz CT molecular complexity index is 210. The van der Waals surface area contributed by atoms with Crippen LogP contribution in [-0.4, -0.2) is 60.7 Å². The van der Waals surface area contributed by atoms with Crippen LogP contribution in [0.2, 0.25) is 0 Å². The number of rotatable bonds is 8. The summed E-state index contributed by atoms with van der Waals surface area (Å²) >= 11 is 1.11. The summed E-state index contributed by atoms with van der Waals surface area (Å²) in [7, 11) is 3.32. The number of carbonyl (C=O) groups is 2. The Hall–Kier alpha value is -0.750. The van der Waals surface area contributed by atoms with Crippen LogP contribution in [0.4, 0.5) is 0 Å². The predicted molar refractivity (Wildman–Crippen MR) is 59.1 cm³/mol. The summed E-state index contributed by atoms with van der Waals surface area (Å²) < 4.78 is 4.86. The van der Waals surface area contributed by atoms with Gasteiger partial charge in [-0.15, -0.1) is 11.8 Å². The smallest absolute Gasteiger partial charge is 0.313 e. The van der Waals surface area contributed by atoms with Gasteiger partial charge in [0.1, 0.15) is 0 Å². The summed E-state index contributed by atoms with van der Waals surface area (Å²) in [6.07, 6.45) is 0.794. The average Bonchev–Trinajstić information content (AvgIpc) is 2.17. The molecule has 6 heteroatoms. The van der Waals surface area contributed by atoms with E-state index in [4.69, 9.17) is 9.84 Å². The van der Waals surface area contributed by atoms with Gasteiger partial charge in [0.2, 0.25) is 5.91 Å². The van der Waals surface area contributed by atoms with Crippen LogP contribution in [-0.2, 0) is 14.3 Å². The second-order valence-corrected chi connectivity index (χ2v) is 4.03. The first-order valence-electron chi connectivity index (χ1n) is 4.60. The van der Waals surface area contributed by atoms with E-state index in [-0.39, 0.29) is 17.4 Å². The Morgan fingerprint density at radius 1 is 1.40 bits per heavy atom. The molecule has 0 bridgehead atoms. The average molecular weight is 235 g/mol. The highest BCUT2D eigenvalue weighted by molar-refractivity contribution is 8.00. The van der Waals surface area contributed by atoms with Gasteiger partial charge in [0.25, 0.3) is 0 Å². The SMILES string of the molecule is COCCCN(C)C(=O)CSCC(=O)O. The van der Waals surface area contributed by atoms with Crippen molar-refractivity contribution in [3.05, 3.63) is 0 Å². The Balaban J connectivity index is 3.55. The van der Waals surface area contributed by atoms with Crippen LogP contribution in [0.25, 0.3) is 0 Å². The minimum atomic E-state index is -0.894. The lowest BCUT2D eigenvalue weighted by Gasteiger charge is -2.16. The highest BCUT2D eigenvalue weighted by atomic mass is 32.2. The van der Waals surface area contributed by atoms with Gasteiger partial charge in [0.15, 0.2) is 0 Å². The largest absolute Gasteiger partial charge is 0.481 e. The van der Waals surface area contributed by atoms with Crippen LogP contribution < -0.4 is 0 Å². The van der Waals surface area contributed by atoms with Crippen molar-refractivity contribution in [2.24, 2.45) is 0 Å². The normalized spacial score (nSPS) is 10.0. The van der Waals surface area contributed by atoms with Crippen LogP contribution in [0.3, 0.4) is 0 Å².